The van der Waals surface area contributed by atoms with Crippen molar-refractivity contribution in [1.82, 2.24) is 19.4 Å². The van der Waals surface area contributed by atoms with E-state index in [1.165, 1.54) is 16.4 Å². The predicted molar refractivity (Wildman–Crippen MR) is 97.6 cm³/mol. The van der Waals surface area contributed by atoms with Crippen LogP contribution in [0.1, 0.15) is 25.5 Å². The third-order valence-corrected chi connectivity index (χ3v) is 6.63. The molecule has 146 valence electrons. The molecule has 0 bridgehead atoms. The number of hydrogen-bond donors (Lipinski definition) is 1. The number of benzene rings is 1. The summed E-state index contributed by atoms with van der Waals surface area (Å²) in [5.74, 6) is -1.07. The zero-order valence-electron chi connectivity index (χ0n) is 15.1. The molecule has 1 fully saturated rings. The summed E-state index contributed by atoms with van der Waals surface area (Å²) in [7, 11) is -3.74. The van der Waals surface area contributed by atoms with Crippen molar-refractivity contribution in [2.75, 3.05) is 13.1 Å². The van der Waals surface area contributed by atoms with Gasteiger partial charge in [-0.1, -0.05) is 0 Å². The number of halogens is 1. The fourth-order valence-electron chi connectivity index (χ4n) is 3.25. The molecule has 1 unspecified atom stereocenters. The number of carbonyl (C=O) groups excluding carboxylic acids is 1. The average molecular weight is 394 g/mol. The molecule has 1 aromatic carbocycles. The number of carbonyl (C=O) groups is 1. The van der Waals surface area contributed by atoms with E-state index < -0.39 is 21.8 Å². The van der Waals surface area contributed by atoms with E-state index in [1.54, 1.807) is 10.9 Å². The Morgan fingerprint density at radius 3 is 2.74 bits per heavy atom. The maximum Gasteiger partial charge on any atom is 0.243 e. The van der Waals surface area contributed by atoms with Crippen LogP contribution in [-0.2, 0) is 27.9 Å². The Bertz CT molecular complexity index is 896. The van der Waals surface area contributed by atoms with Crippen LogP contribution >= 0.6 is 0 Å². The van der Waals surface area contributed by atoms with E-state index in [2.05, 4.69) is 10.4 Å². The first-order valence-electron chi connectivity index (χ1n) is 8.96. The van der Waals surface area contributed by atoms with Crippen LogP contribution in [0, 0.1) is 11.7 Å². The second kappa shape index (κ2) is 8.18. The lowest BCUT2D eigenvalue weighted by atomic mass is 9.99. The van der Waals surface area contributed by atoms with Crippen molar-refractivity contribution in [3.05, 3.63) is 48.0 Å². The molecule has 1 amide bonds. The molecule has 1 aliphatic heterocycles. The largest absolute Gasteiger partial charge is 0.350 e. The second-order valence-corrected chi connectivity index (χ2v) is 8.45. The zero-order chi connectivity index (χ0) is 19.4. The lowest BCUT2D eigenvalue weighted by Gasteiger charge is -2.31. The van der Waals surface area contributed by atoms with Gasteiger partial charge in [0.05, 0.1) is 23.1 Å². The molecule has 7 nitrogen and oxygen atoms in total. The first-order valence-corrected chi connectivity index (χ1v) is 10.4. The number of sulfonamides is 1. The molecule has 1 saturated heterocycles. The first kappa shape index (κ1) is 19.5. The number of hydrogen-bond acceptors (Lipinski definition) is 4. The van der Waals surface area contributed by atoms with Gasteiger partial charge in [0.2, 0.25) is 15.9 Å². The maximum atomic E-state index is 13.1. The molecular formula is C18H23FN4O3S. The monoisotopic (exact) mass is 394 g/mol. The second-order valence-electron chi connectivity index (χ2n) is 6.51. The van der Waals surface area contributed by atoms with Gasteiger partial charge in [-0.15, -0.1) is 0 Å². The molecule has 1 N–H and O–H groups in total. The molecular weight excluding hydrogens is 371 g/mol. The van der Waals surface area contributed by atoms with E-state index >= 15 is 0 Å². The smallest absolute Gasteiger partial charge is 0.243 e. The fraction of sp³-hybridized carbons (Fsp3) is 0.444. The molecule has 0 aliphatic carbocycles. The van der Waals surface area contributed by atoms with Gasteiger partial charge in [-0.3, -0.25) is 9.48 Å². The van der Waals surface area contributed by atoms with Crippen LogP contribution in [0.4, 0.5) is 4.39 Å². The van der Waals surface area contributed by atoms with Gasteiger partial charge in [-0.25, -0.2) is 12.8 Å². The van der Waals surface area contributed by atoms with Crippen LogP contribution < -0.4 is 5.32 Å². The van der Waals surface area contributed by atoms with Gasteiger partial charge in [-0.05, 0) is 50.1 Å². The minimum absolute atomic E-state index is 0.0387. The van der Waals surface area contributed by atoms with Crippen molar-refractivity contribution < 1.29 is 17.6 Å². The van der Waals surface area contributed by atoms with Crippen LogP contribution in [0.15, 0.2) is 41.4 Å². The molecule has 27 heavy (non-hydrogen) atoms. The highest BCUT2D eigenvalue weighted by atomic mass is 32.2. The van der Waals surface area contributed by atoms with Crippen molar-refractivity contribution in [2.24, 2.45) is 5.92 Å². The van der Waals surface area contributed by atoms with E-state index in [0.29, 0.717) is 32.5 Å². The third-order valence-electron chi connectivity index (χ3n) is 4.75. The molecule has 1 atom stereocenters. The molecule has 3 rings (SSSR count). The van der Waals surface area contributed by atoms with Crippen molar-refractivity contribution in [1.29, 1.82) is 0 Å². The van der Waals surface area contributed by atoms with Crippen LogP contribution in [0.2, 0.25) is 0 Å². The molecule has 2 heterocycles. The number of amides is 1. The van der Waals surface area contributed by atoms with Gasteiger partial charge in [0, 0.05) is 25.8 Å². The fourth-order valence-corrected chi connectivity index (χ4v) is 4.77. The average Bonchev–Trinajstić information content (AvgIpc) is 3.14. The van der Waals surface area contributed by atoms with Gasteiger partial charge in [0.1, 0.15) is 5.82 Å². The highest BCUT2D eigenvalue weighted by Gasteiger charge is 2.33. The van der Waals surface area contributed by atoms with E-state index in [4.69, 9.17) is 0 Å². The Labute approximate surface area is 158 Å². The molecule has 0 spiro atoms. The lowest BCUT2D eigenvalue weighted by molar-refractivity contribution is -0.126. The summed E-state index contributed by atoms with van der Waals surface area (Å²) in [6, 6.07) is 6.59. The number of aromatic nitrogens is 2. The summed E-state index contributed by atoms with van der Waals surface area (Å²) in [6.07, 6.45) is 2.92. The summed E-state index contributed by atoms with van der Waals surface area (Å²) in [6.45, 7) is 3.52. The third kappa shape index (κ3) is 4.36. The summed E-state index contributed by atoms with van der Waals surface area (Å²) >= 11 is 0. The SMILES string of the molecule is CCn1nccc1CNC(=O)C1CCCN(S(=O)(=O)c2ccc(F)cc2)C1. The Morgan fingerprint density at radius 1 is 1.30 bits per heavy atom. The maximum absolute atomic E-state index is 13.1. The van der Waals surface area contributed by atoms with Gasteiger partial charge in [0.15, 0.2) is 0 Å². The number of nitrogens with one attached hydrogen (secondary N) is 1. The summed E-state index contributed by atoms with van der Waals surface area (Å²) < 4.78 is 41.7. The quantitative estimate of drug-likeness (QED) is 0.809. The Morgan fingerprint density at radius 2 is 2.04 bits per heavy atom. The number of aryl methyl sites for hydroxylation is 1. The Hall–Kier alpha value is -2.26. The normalized spacial score (nSPS) is 18.4. The lowest BCUT2D eigenvalue weighted by Crippen LogP contribution is -2.45. The molecule has 0 radical (unpaired) electrons. The Kier molecular flexibility index (Phi) is 5.91. The van der Waals surface area contributed by atoms with E-state index in [0.717, 1.165) is 17.8 Å². The van der Waals surface area contributed by atoms with Crippen LogP contribution in [0.3, 0.4) is 0 Å². The van der Waals surface area contributed by atoms with Crippen LogP contribution in [0.25, 0.3) is 0 Å². The molecule has 2 aromatic rings. The Balaban J connectivity index is 1.64. The topological polar surface area (TPSA) is 84.3 Å². The van der Waals surface area contributed by atoms with Gasteiger partial charge in [0.25, 0.3) is 0 Å². The molecule has 9 heteroatoms. The molecule has 0 saturated carbocycles. The molecule has 1 aromatic heterocycles. The highest BCUT2D eigenvalue weighted by Crippen LogP contribution is 2.24. The van der Waals surface area contributed by atoms with Crippen molar-refractivity contribution in [2.45, 2.75) is 37.8 Å². The van der Waals surface area contributed by atoms with Crippen LogP contribution in [-0.4, -0.2) is 41.5 Å². The van der Waals surface area contributed by atoms with Gasteiger partial charge < -0.3 is 5.32 Å². The first-order chi connectivity index (χ1) is 12.9. The van der Waals surface area contributed by atoms with Gasteiger partial charge >= 0.3 is 0 Å². The minimum atomic E-state index is -3.74. The molecule has 1 aliphatic rings. The van der Waals surface area contributed by atoms with Gasteiger partial charge in [-0.2, -0.15) is 9.40 Å². The standard InChI is InChI=1S/C18H23FN4O3S/c1-2-23-16(9-10-21-23)12-20-18(24)14-4-3-11-22(13-14)27(25,26)17-7-5-15(19)6-8-17/h5-10,14H,2-4,11-13H2,1H3,(H,20,24). The highest BCUT2D eigenvalue weighted by molar-refractivity contribution is 7.89. The van der Waals surface area contributed by atoms with E-state index in [9.17, 15) is 17.6 Å². The van der Waals surface area contributed by atoms with Crippen molar-refractivity contribution in [3.8, 4) is 0 Å². The zero-order valence-corrected chi connectivity index (χ0v) is 16.0. The minimum Gasteiger partial charge on any atom is -0.350 e. The predicted octanol–water partition coefficient (Wildman–Crippen LogP) is 1.76. The number of nitrogens with zero attached hydrogens (tertiary/aromatic N) is 3. The van der Waals surface area contributed by atoms with Crippen LogP contribution in [0.5, 0.6) is 0 Å². The summed E-state index contributed by atoms with van der Waals surface area (Å²) in [5, 5.41) is 7.04. The summed E-state index contributed by atoms with van der Waals surface area (Å²) in [4.78, 5) is 12.6. The number of rotatable bonds is 6. The van der Waals surface area contributed by atoms with E-state index in [-0.39, 0.29) is 17.3 Å². The van der Waals surface area contributed by atoms with Crippen molar-refractivity contribution >= 4 is 15.9 Å². The number of piperidine rings is 1. The van der Waals surface area contributed by atoms with Crippen molar-refractivity contribution in [3.63, 3.8) is 0 Å². The summed E-state index contributed by atoms with van der Waals surface area (Å²) in [5.41, 5.74) is 0.900. The van der Waals surface area contributed by atoms with E-state index in [1.807, 2.05) is 13.0 Å².